The molecule has 2 heterocycles. The van der Waals surface area contributed by atoms with Gasteiger partial charge in [0.1, 0.15) is 0 Å². The summed E-state index contributed by atoms with van der Waals surface area (Å²) in [6, 6.07) is 0.324. The van der Waals surface area contributed by atoms with Gasteiger partial charge in [-0.05, 0) is 43.9 Å². The van der Waals surface area contributed by atoms with E-state index in [2.05, 4.69) is 19.2 Å². The van der Waals surface area contributed by atoms with Crippen molar-refractivity contribution in [2.45, 2.75) is 58.0 Å². The summed E-state index contributed by atoms with van der Waals surface area (Å²) in [5, 5.41) is 12.8. The van der Waals surface area contributed by atoms with E-state index in [1.165, 1.54) is 0 Å². The Morgan fingerprint density at radius 3 is 2.41 bits per heavy atom. The highest BCUT2D eigenvalue weighted by molar-refractivity contribution is 5.82. The average molecular weight is 312 g/mol. The fourth-order valence-electron chi connectivity index (χ4n) is 3.42. The average Bonchev–Trinajstić information content (AvgIpc) is 2.54. The molecular weight excluding hydrogens is 280 g/mol. The number of hydrogen-bond acceptors (Lipinski definition) is 4. The molecule has 2 aliphatic heterocycles. The van der Waals surface area contributed by atoms with Gasteiger partial charge in [0.25, 0.3) is 0 Å². The minimum atomic E-state index is -0.0752. The van der Waals surface area contributed by atoms with E-state index in [9.17, 15) is 9.90 Å². The molecule has 5 heteroatoms. The Morgan fingerprint density at radius 2 is 1.86 bits per heavy atom. The van der Waals surface area contributed by atoms with Crippen LogP contribution in [0.25, 0.3) is 0 Å². The zero-order chi connectivity index (χ0) is 15.9. The molecule has 2 N–H and O–H groups in total. The lowest BCUT2D eigenvalue weighted by molar-refractivity contribution is -0.136. The molecule has 5 nitrogen and oxygen atoms in total. The van der Waals surface area contributed by atoms with Crippen molar-refractivity contribution in [2.24, 2.45) is 11.8 Å². The van der Waals surface area contributed by atoms with Crippen LogP contribution in [0.2, 0.25) is 0 Å². The fraction of sp³-hybridized carbons (Fsp3) is 0.941. The maximum absolute atomic E-state index is 12.9. The zero-order valence-corrected chi connectivity index (χ0v) is 14.1. The van der Waals surface area contributed by atoms with E-state index < -0.39 is 0 Å². The first kappa shape index (κ1) is 17.7. The number of aliphatic hydroxyl groups excluding tert-OH is 1. The molecule has 0 saturated carbocycles. The Labute approximate surface area is 134 Å². The van der Waals surface area contributed by atoms with Crippen LogP contribution in [-0.2, 0) is 9.53 Å². The number of likely N-dealkylation sites (tertiary alicyclic amines) is 1. The molecule has 2 fully saturated rings. The van der Waals surface area contributed by atoms with Gasteiger partial charge in [0.05, 0.1) is 6.04 Å². The topological polar surface area (TPSA) is 61.8 Å². The van der Waals surface area contributed by atoms with Crippen LogP contribution in [0.5, 0.6) is 0 Å². The van der Waals surface area contributed by atoms with Gasteiger partial charge in [0, 0.05) is 39.0 Å². The van der Waals surface area contributed by atoms with Gasteiger partial charge in [-0.15, -0.1) is 0 Å². The first-order valence-corrected chi connectivity index (χ1v) is 8.83. The second-order valence-electron chi connectivity index (χ2n) is 7.19. The first-order valence-electron chi connectivity index (χ1n) is 8.83. The molecule has 0 aromatic heterocycles. The maximum Gasteiger partial charge on any atom is 0.239 e. The molecular formula is C17H32N2O3. The Morgan fingerprint density at radius 1 is 1.23 bits per heavy atom. The Hall–Kier alpha value is -0.650. The SMILES string of the molecule is CC(C)C[C@@H](NC1CCOCC1)C(=O)N1CCC(CO)CC1. The Bertz CT molecular complexity index is 335. The summed E-state index contributed by atoms with van der Waals surface area (Å²) in [6.45, 7) is 7.75. The van der Waals surface area contributed by atoms with Crippen LogP contribution in [0.3, 0.4) is 0 Å². The third-order valence-electron chi connectivity index (χ3n) is 4.85. The summed E-state index contributed by atoms with van der Waals surface area (Å²) < 4.78 is 5.40. The maximum atomic E-state index is 12.9. The first-order chi connectivity index (χ1) is 10.6. The summed E-state index contributed by atoms with van der Waals surface area (Å²) in [5.41, 5.74) is 0. The molecule has 0 aromatic rings. The molecule has 22 heavy (non-hydrogen) atoms. The number of nitrogens with one attached hydrogen (secondary N) is 1. The highest BCUT2D eigenvalue weighted by atomic mass is 16.5. The second-order valence-corrected chi connectivity index (χ2v) is 7.19. The minimum absolute atomic E-state index is 0.0752. The molecule has 2 aliphatic rings. The van der Waals surface area contributed by atoms with Crippen LogP contribution in [0, 0.1) is 11.8 Å². The van der Waals surface area contributed by atoms with Gasteiger partial charge >= 0.3 is 0 Å². The quantitative estimate of drug-likeness (QED) is 0.778. The predicted octanol–water partition coefficient (Wildman–Crippen LogP) is 1.40. The number of ether oxygens (including phenoxy) is 1. The van der Waals surface area contributed by atoms with Gasteiger partial charge < -0.3 is 20.1 Å². The molecule has 0 unspecified atom stereocenters. The van der Waals surface area contributed by atoms with Crippen LogP contribution in [-0.4, -0.2) is 60.9 Å². The number of carbonyl (C=O) groups excluding carboxylic acids is 1. The zero-order valence-electron chi connectivity index (χ0n) is 14.1. The number of hydrogen-bond donors (Lipinski definition) is 2. The number of nitrogens with zero attached hydrogens (tertiary/aromatic N) is 1. The van der Waals surface area contributed by atoms with Gasteiger partial charge in [-0.2, -0.15) is 0 Å². The fourth-order valence-corrected chi connectivity index (χ4v) is 3.42. The van der Waals surface area contributed by atoms with Crippen molar-refractivity contribution in [3.05, 3.63) is 0 Å². The van der Waals surface area contributed by atoms with Crippen molar-refractivity contribution >= 4 is 5.91 Å². The lowest BCUT2D eigenvalue weighted by Gasteiger charge is -2.36. The lowest BCUT2D eigenvalue weighted by Crippen LogP contribution is -2.53. The second kappa shape index (κ2) is 8.85. The van der Waals surface area contributed by atoms with E-state index in [0.717, 1.165) is 58.4 Å². The van der Waals surface area contributed by atoms with Crippen molar-refractivity contribution in [3.63, 3.8) is 0 Å². The standard InChI is InChI=1S/C17H32N2O3/c1-13(2)11-16(18-15-5-9-22-10-6-15)17(21)19-7-3-14(12-20)4-8-19/h13-16,18,20H,3-12H2,1-2H3/t16-/m1/s1. The van der Waals surface area contributed by atoms with E-state index in [4.69, 9.17) is 4.74 Å². The van der Waals surface area contributed by atoms with Crippen molar-refractivity contribution in [1.29, 1.82) is 0 Å². The van der Waals surface area contributed by atoms with Crippen molar-refractivity contribution < 1.29 is 14.6 Å². The molecule has 2 saturated heterocycles. The molecule has 0 aromatic carbocycles. The molecule has 1 amide bonds. The number of aliphatic hydroxyl groups is 1. The highest BCUT2D eigenvalue weighted by Gasteiger charge is 2.30. The molecule has 0 aliphatic carbocycles. The molecule has 128 valence electrons. The van der Waals surface area contributed by atoms with Crippen molar-refractivity contribution in [2.75, 3.05) is 32.9 Å². The van der Waals surface area contributed by atoms with Crippen molar-refractivity contribution in [3.8, 4) is 0 Å². The molecule has 0 bridgehead atoms. The van der Waals surface area contributed by atoms with Gasteiger partial charge in [-0.25, -0.2) is 0 Å². The summed E-state index contributed by atoms with van der Waals surface area (Å²) in [6.07, 6.45) is 4.72. The predicted molar refractivity (Wildman–Crippen MR) is 86.6 cm³/mol. The van der Waals surface area contributed by atoms with Crippen LogP contribution in [0.15, 0.2) is 0 Å². The van der Waals surface area contributed by atoms with Gasteiger partial charge in [0.2, 0.25) is 5.91 Å². The summed E-state index contributed by atoms with van der Waals surface area (Å²) in [7, 11) is 0. The van der Waals surface area contributed by atoms with E-state index in [-0.39, 0.29) is 18.6 Å². The molecule has 0 spiro atoms. The molecule has 2 rings (SSSR count). The van der Waals surface area contributed by atoms with E-state index in [1.807, 2.05) is 4.90 Å². The lowest BCUT2D eigenvalue weighted by atomic mass is 9.95. The van der Waals surface area contributed by atoms with Crippen molar-refractivity contribution in [1.82, 2.24) is 10.2 Å². The van der Waals surface area contributed by atoms with Crippen LogP contribution >= 0.6 is 0 Å². The smallest absolute Gasteiger partial charge is 0.239 e. The van der Waals surface area contributed by atoms with Gasteiger partial charge in [-0.1, -0.05) is 13.8 Å². The number of amides is 1. The third-order valence-corrected chi connectivity index (χ3v) is 4.85. The van der Waals surface area contributed by atoms with Crippen LogP contribution in [0.4, 0.5) is 0 Å². The summed E-state index contributed by atoms with van der Waals surface area (Å²) in [5.74, 6) is 1.11. The Balaban J connectivity index is 1.90. The number of rotatable bonds is 6. The number of carbonyl (C=O) groups is 1. The van der Waals surface area contributed by atoms with E-state index >= 15 is 0 Å². The third kappa shape index (κ3) is 5.21. The molecule has 1 atom stereocenters. The number of piperidine rings is 1. The van der Waals surface area contributed by atoms with Crippen LogP contribution < -0.4 is 5.32 Å². The minimum Gasteiger partial charge on any atom is -0.396 e. The summed E-state index contributed by atoms with van der Waals surface area (Å²) >= 11 is 0. The highest BCUT2D eigenvalue weighted by Crippen LogP contribution is 2.19. The van der Waals surface area contributed by atoms with Gasteiger partial charge in [-0.3, -0.25) is 4.79 Å². The van der Waals surface area contributed by atoms with Gasteiger partial charge in [0.15, 0.2) is 0 Å². The monoisotopic (exact) mass is 312 g/mol. The summed E-state index contributed by atoms with van der Waals surface area (Å²) in [4.78, 5) is 14.9. The van der Waals surface area contributed by atoms with E-state index in [0.29, 0.717) is 17.9 Å². The van der Waals surface area contributed by atoms with E-state index in [1.54, 1.807) is 0 Å². The largest absolute Gasteiger partial charge is 0.396 e. The molecule has 0 radical (unpaired) electrons. The normalized spacial score (nSPS) is 23.0. The van der Waals surface area contributed by atoms with Crippen LogP contribution in [0.1, 0.15) is 46.0 Å². The Kier molecular flexibility index (Phi) is 7.12.